The standard InChI is InChI=1S/C14H18N4O3/c1-7(2)6-9(15)13(20)16-10-5-3-4-8-11(10)14(21)18-17-12(8)19/h3-5,7,9H,6,15H2,1-2H3,(H,16,20)(H,17,19)(H,18,21). The molecule has 0 aliphatic heterocycles. The normalized spacial score (nSPS) is 12.6. The molecule has 21 heavy (non-hydrogen) atoms. The maximum atomic E-state index is 12.1. The lowest BCUT2D eigenvalue weighted by Crippen LogP contribution is -2.37. The molecule has 0 aliphatic rings. The molecule has 112 valence electrons. The lowest BCUT2D eigenvalue weighted by molar-refractivity contribution is -0.117. The average Bonchev–Trinajstić information content (AvgIpc) is 2.42. The highest BCUT2D eigenvalue weighted by atomic mass is 16.2. The summed E-state index contributed by atoms with van der Waals surface area (Å²) >= 11 is 0. The van der Waals surface area contributed by atoms with Crippen LogP contribution in [0.15, 0.2) is 27.8 Å². The molecule has 0 saturated heterocycles. The summed E-state index contributed by atoms with van der Waals surface area (Å²) in [5.74, 6) is -0.0969. The van der Waals surface area contributed by atoms with Crippen molar-refractivity contribution in [1.82, 2.24) is 10.2 Å². The third-order valence-electron chi connectivity index (χ3n) is 3.15. The number of carbonyl (C=O) groups excluding carboxylic acids is 1. The van der Waals surface area contributed by atoms with Gasteiger partial charge in [0.05, 0.1) is 22.5 Å². The number of anilines is 1. The Hall–Kier alpha value is -2.41. The van der Waals surface area contributed by atoms with Crippen LogP contribution in [0.25, 0.3) is 10.8 Å². The van der Waals surface area contributed by atoms with Gasteiger partial charge in [0.25, 0.3) is 11.1 Å². The van der Waals surface area contributed by atoms with E-state index in [9.17, 15) is 14.4 Å². The molecule has 0 radical (unpaired) electrons. The van der Waals surface area contributed by atoms with Gasteiger partial charge in [-0.1, -0.05) is 19.9 Å². The molecule has 0 fully saturated rings. The number of aromatic amines is 2. The zero-order valence-corrected chi connectivity index (χ0v) is 11.9. The van der Waals surface area contributed by atoms with Crippen LogP contribution in [-0.4, -0.2) is 22.1 Å². The van der Waals surface area contributed by atoms with Crippen LogP contribution in [0.2, 0.25) is 0 Å². The highest BCUT2D eigenvalue weighted by molar-refractivity contribution is 6.03. The van der Waals surface area contributed by atoms with Crippen molar-refractivity contribution in [3.05, 3.63) is 38.9 Å². The smallest absolute Gasteiger partial charge is 0.272 e. The fourth-order valence-corrected chi connectivity index (χ4v) is 2.17. The molecule has 2 aromatic rings. The number of rotatable bonds is 4. The van der Waals surface area contributed by atoms with E-state index in [4.69, 9.17) is 5.73 Å². The molecule has 7 nitrogen and oxygen atoms in total. The Balaban J connectivity index is 2.40. The van der Waals surface area contributed by atoms with Crippen molar-refractivity contribution in [2.75, 3.05) is 5.32 Å². The summed E-state index contributed by atoms with van der Waals surface area (Å²) in [5.41, 5.74) is 5.20. The summed E-state index contributed by atoms with van der Waals surface area (Å²) in [6.45, 7) is 3.94. The molecule has 1 amide bonds. The lowest BCUT2D eigenvalue weighted by atomic mass is 10.0. The molecular formula is C14H18N4O3. The van der Waals surface area contributed by atoms with Gasteiger partial charge in [0.1, 0.15) is 0 Å². The first kappa shape index (κ1) is 15.0. The van der Waals surface area contributed by atoms with Gasteiger partial charge in [0.2, 0.25) is 5.91 Å². The Morgan fingerprint density at radius 3 is 2.57 bits per heavy atom. The van der Waals surface area contributed by atoms with E-state index in [1.54, 1.807) is 12.1 Å². The topological polar surface area (TPSA) is 121 Å². The second kappa shape index (κ2) is 5.92. The first-order valence-corrected chi connectivity index (χ1v) is 6.70. The summed E-state index contributed by atoms with van der Waals surface area (Å²) < 4.78 is 0. The van der Waals surface area contributed by atoms with Crippen molar-refractivity contribution in [3.63, 3.8) is 0 Å². The van der Waals surface area contributed by atoms with Crippen LogP contribution >= 0.6 is 0 Å². The molecule has 0 saturated carbocycles. The van der Waals surface area contributed by atoms with Gasteiger partial charge in [-0.05, 0) is 24.5 Å². The van der Waals surface area contributed by atoms with Crippen LogP contribution in [0.3, 0.4) is 0 Å². The van der Waals surface area contributed by atoms with Crippen molar-refractivity contribution in [1.29, 1.82) is 0 Å². The van der Waals surface area contributed by atoms with Crippen molar-refractivity contribution < 1.29 is 4.79 Å². The van der Waals surface area contributed by atoms with E-state index in [2.05, 4.69) is 15.5 Å². The third-order valence-corrected chi connectivity index (χ3v) is 3.15. The summed E-state index contributed by atoms with van der Waals surface area (Å²) in [4.78, 5) is 35.6. The van der Waals surface area contributed by atoms with E-state index in [1.807, 2.05) is 13.8 Å². The minimum absolute atomic E-state index is 0.145. The van der Waals surface area contributed by atoms with Crippen molar-refractivity contribution in [2.24, 2.45) is 11.7 Å². The zero-order valence-electron chi connectivity index (χ0n) is 11.9. The van der Waals surface area contributed by atoms with Gasteiger partial charge in [-0.2, -0.15) is 0 Å². The predicted molar refractivity (Wildman–Crippen MR) is 81.2 cm³/mol. The summed E-state index contributed by atoms with van der Waals surface area (Å²) in [7, 11) is 0. The molecule has 1 heterocycles. The largest absolute Gasteiger partial charge is 0.324 e. The Morgan fingerprint density at radius 2 is 1.90 bits per heavy atom. The molecule has 1 aromatic heterocycles. The number of nitrogens with one attached hydrogen (secondary N) is 3. The Kier molecular flexibility index (Phi) is 4.23. The van der Waals surface area contributed by atoms with Crippen LogP contribution < -0.4 is 22.2 Å². The number of carbonyl (C=O) groups is 1. The van der Waals surface area contributed by atoms with Gasteiger partial charge in [0, 0.05) is 0 Å². The predicted octanol–water partition coefficient (Wildman–Crippen LogP) is 0.528. The lowest BCUT2D eigenvalue weighted by Gasteiger charge is -2.14. The van der Waals surface area contributed by atoms with Crippen LogP contribution in [0.1, 0.15) is 20.3 Å². The Morgan fingerprint density at radius 1 is 1.24 bits per heavy atom. The van der Waals surface area contributed by atoms with Crippen LogP contribution in [0.4, 0.5) is 5.69 Å². The van der Waals surface area contributed by atoms with Crippen LogP contribution in [-0.2, 0) is 4.79 Å². The van der Waals surface area contributed by atoms with Gasteiger partial charge in [-0.15, -0.1) is 0 Å². The van der Waals surface area contributed by atoms with Gasteiger partial charge in [-0.25, -0.2) is 0 Å². The quantitative estimate of drug-likeness (QED) is 0.656. The maximum absolute atomic E-state index is 12.1. The van der Waals surface area contributed by atoms with Gasteiger partial charge in [-0.3, -0.25) is 24.6 Å². The van der Waals surface area contributed by atoms with Gasteiger partial charge in [0.15, 0.2) is 0 Å². The van der Waals surface area contributed by atoms with E-state index in [-0.39, 0.29) is 28.3 Å². The van der Waals surface area contributed by atoms with Crippen molar-refractivity contribution in [2.45, 2.75) is 26.3 Å². The fraction of sp³-hybridized carbons (Fsp3) is 0.357. The molecule has 1 unspecified atom stereocenters. The molecular weight excluding hydrogens is 272 g/mol. The van der Waals surface area contributed by atoms with E-state index in [0.717, 1.165) is 0 Å². The molecule has 0 spiro atoms. The number of H-pyrrole nitrogens is 2. The van der Waals surface area contributed by atoms with E-state index in [0.29, 0.717) is 6.42 Å². The number of nitrogens with two attached hydrogens (primary N) is 1. The Labute approximate surface area is 120 Å². The van der Waals surface area contributed by atoms with Crippen LogP contribution in [0.5, 0.6) is 0 Å². The molecule has 7 heteroatoms. The number of amides is 1. The number of hydrogen-bond acceptors (Lipinski definition) is 4. The maximum Gasteiger partial charge on any atom is 0.272 e. The second-order valence-corrected chi connectivity index (χ2v) is 5.36. The second-order valence-electron chi connectivity index (χ2n) is 5.36. The summed E-state index contributed by atoms with van der Waals surface area (Å²) in [6.07, 6.45) is 0.535. The molecule has 1 aromatic carbocycles. The number of fused-ring (bicyclic) bond motifs is 1. The van der Waals surface area contributed by atoms with E-state index >= 15 is 0 Å². The Bertz CT molecular complexity index is 776. The molecule has 0 bridgehead atoms. The highest BCUT2D eigenvalue weighted by Gasteiger charge is 2.17. The van der Waals surface area contributed by atoms with E-state index in [1.165, 1.54) is 6.07 Å². The van der Waals surface area contributed by atoms with Gasteiger partial charge < -0.3 is 11.1 Å². The number of hydrogen-bond donors (Lipinski definition) is 4. The van der Waals surface area contributed by atoms with Crippen molar-refractivity contribution in [3.8, 4) is 0 Å². The fourth-order valence-electron chi connectivity index (χ4n) is 2.17. The first-order valence-electron chi connectivity index (χ1n) is 6.70. The van der Waals surface area contributed by atoms with E-state index < -0.39 is 17.2 Å². The number of benzene rings is 1. The summed E-state index contributed by atoms with van der Waals surface area (Å²) in [5, 5.41) is 7.47. The molecule has 0 aliphatic carbocycles. The average molecular weight is 290 g/mol. The molecule has 2 rings (SSSR count). The molecule has 1 atom stereocenters. The zero-order chi connectivity index (χ0) is 15.6. The van der Waals surface area contributed by atoms with Crippen molar-refractivity contribution >= 4 is 22.4 Å². The summed E-state index contributed by atoms with van der Waals surface area (Å²) in [6, 6.07) is 4.02. The van der Waals surface area contributed by atoms with Gasteiger partial charge >= 0.3 is 0 Å². The first-order chi connectivity index (χ1) is 9.90. The SMILES string of the molecule is CC(C)CC(N)C(=O)Nc1cccc2c(=O)[nH][nH]c(=O)c12. The number of aromatic nitrogens is 2. The minimum atomic E-state index is -0.665. The minimum Gasteiger partial charge on any atom is -0.324 e. The van der Waals surface area contributed by atoms with Crippen LogP contribution in [0, 0.1) is 5.92 Å². The monoisotopic (exact) mass is 290 g/mol. The highest BCUT2D eigenvalue weighted by Crippen LogP contribution is 2.17. The molecule has 5 N–H and O–H groups in total. The third kappa shape index (κ3) is 3.19.